The summed E-state index contributed by atoms with van der Waals surface area (Å²) in [6.45, 7) is 1.90. The van der Waals surface area contributed by atoms with Crippen LogP contribution in [0.3, 0.4) is 0 Å². The zero-order valence-electron chi connectivity index (χ0n) is 20.5. The van der Waals surface area contributed by atoms with E-state index in [9.17, 15) is 14.3 Å². The van der Waals surface area contributed by atoms with Crippen molar-refractivity contribution in [2.45, 2.75) is 76.5 Å². The van der Waals surface area contributed by atoms with Gasteiger partial charge in [0.1, 0.15) is 11.3 Å². The number of nitrogens with two attached hydrogens (primary N) is 1. The van der Waals surface area contributed by atoms with Crippen LogP contribution in [0.2, 0.25) is 10.0 Å². The maximum absolute atomic E-state index is 13.8. The van der Waals surface area contributed by atoms with Crippen molar-refractivity contribution in [2.24, 2.45) is 11.1 Å². The molecule has 37 heavy (non-hydrogen) atoms. The SMILES string of the molecule is C[C@]1(C(N)=O)CC[C@H](n2c(Nc3c(Cl)cc(F)cc3Cl)nc3cnc(N[C@@H]4CCC[C@H](O)C4)nc32)CC1. The Kier molecular flexibility index (Phi) is 7.17. The number of hydrogen-bond acceptors (Lipinski definition) is 7. The van der Waals surface area contributed by atoms with Crippen molar-refractivity contribution < 1.29 is 14.3 Å². The average Bonchev–Trinajstić information content (AvgIpc) is 3.19. The van der Waals surface area contributed by atoms with Gasteiger partial charge in [-0.15, -0.1) is 0 Å². The molecule has 12 heteroatoms. The van der Waals surface area contributed by atoms with Crippen LogP contribution in [-0.4, -0.2) is 42.7 Å². The van der Waals surface area contributed by atoms with Crippen molar-refractivity contribution in [1.82, 2.24) is 19.5 Å². The van der Waals surface area contributed by atoms with Crippen molar-refractivity contribution >= 4 is 57.9 Å². The highest BCUT2D eigenvalue weighted by atomic mass is 35.5. The zero-order valence-corrected chi connectivity index (χ0v) is 22.0. The molecule has 198 valence electrons. The number of carbonyl (C=O) groups excluding carboxylic acids is 1. The first-order chi connectivity index (χ1) is 17.6. The second kappa shape index (κ2) is 10.2. The van der Waals surface area contributed by atoms with Crippen LogP contribution < -0.4 is 16.4 Å². The van der Waals surface area contributed by atoms with Gasteiger partial charge in [0.05, 0.1) is 28.0 Å². The minimum absolute atomic E-state index is 0.0304. The minimum Gasteiger partial charge on any atom is -0.393 e. The van der Waals surface area contributed by atoms with Gasteiger partial charge in [-0.05, 0) is 63.5 Å². The summed E-state index contributed by atoms with van der Waals surface area (Å²) in [5, 5.41) is 16.8. The van der Waals surface area contributed by atoms with E-state index in [1.165, 1.54) is 12.1 Å². The lowest BCUT2D eigenvalue weighted by molar-refractivity contribution is -0.128. The highest BCUT2D eigenvalue weighted by Crippen LogP contribution is 2.43. The van der Waals surface area contributed by atoms with E-state index in [1.807, 2.05) is 11.5 Å². The molecule has 2 fully saturated rings. The first-order valence-corrected chi connectivity index (χ1v) is 13.3. The van der Waals surface area contributed by atoms with Crippen LogP contribution in [0.5, 0.6) is 0 Å². The summed E-state index contributed by atoms with van der Waals surface area (Å²) in [6.07, 6.45) is 7.26. The van der Waals surface area contributed by atoms with Crippen LogP contribution in [0.15, 0.2) is 18.3 Å². The molecule has 3 aromatic rings. The number of carbonyl (C=O) groups is 1. The average molecular weight is 550 g/mol. The molecule has 5 rings (SSSR count). The number of benzene rings is 1. The van der Waals surface area contributed by atoms with Crippen LogP contribution in [0.1, 0.15) is 64.3 Å². The summed E-state index contributed by atoms with van der Waals surface area (Å²) in [4.78, 5) is 26.0. The van der Waals surface area contributed by atoms with Gasteiger partial charge in [0.15, 0.2) is 5.65 Å². The molecule has 0 radical (unpaired) electrons. The molecule has 2 aliphatic rings. The molecule has 1 aromatic carbocycles. The van der Waals surface area contributed by atoms with Crippen molar-refractivity contribution in [3.63, 3.8) is 0 Å². The number of imidazole rings is 1. The number of fused-ring (bicyclic) bond motifs is 1. The molecule has 2 atom stereocenters. The normalized spacial score (nSPS) is 26.2. The molecule has 0 unspecified atom stereocenters. The summed E-state index contributed by atoms with van der Waals surface area (Å²) in [5.41, 5.74) is 6.62. The van der Waals surface area contributed by atoms with Gasteiger partial charge in [0, 0.05) is 17.5 Å². The standard InChI is InChI=1S/C25H30Cl2FN7O2/c1-25(22(29)37)7-5-15(6-8-25)35-21-19(12-30-23(34-21)31-14-3-2-4-16(36)11-14)32-24(35)33-20-17(26)9-13(28)10-18(20)27/h9-10,12,14-16,36H,2-8,11H2,1H3,(H2,29,37)(H,32,33)(H,30,31,34)/t14-,15-,16+,25-/m1/s1. The van der Waals surface area contributed by atoms with Gasteiger partial charge in [-0.25, -0.2) is 14.4 Å². The summed E-state index contributed by atoms with van der Waals surface area (Å²) < 4.78 is 15.8. The van der Waals surface area contributed by atoms with E-state index in [0.717, 1.165) is 19.3 Å². The number of rotatable bonds is 6. The third kappa shape index (κ3) is 5.32. The maximum atomic E-state index is 13.8. The van der Waals surface area contributed by atoms with E-state index in [0.29, 0.717) is 60.9 Å². The first-order valence-electron chi connectivity index (χ1n) is 12.5. The van der Waals surface area contributed by atoms with Crippen molar-refractivity contribution in [2.75, 3.05) is 10.6 Å². The summed E-state index contributed by atoms with van der Waals surface area (Å²) in [5.74, 6) is 0.0576. The molecular weight excluding hydrogens is 520 g/mol. The van der Waals surface area contributed by atoms with Crippen LogP contribution in [-0.2, 0) is 4.79 Å². The Morgan fingerprint density at radius 3 is 2.54 bits per heavy atom. The Labute approximate surface area is 224 Å². The van der Waals surface area contributed by atoms with Crippen LogP contribution in [0.25, 0.3) is 11.2 Å². The Bertz CT molecular complexity index is 1300. The molecule has 0 aliphatic heterocycles. The first kappa shape index (κ1) is 25.9. The van der Waals surface area contributed by atoms with E-state index in [-0.39, 0.29) is 34.1 Å². The second-order valence-electron chi connectivity index (χ2n) is 10.4. The lowest BCUT2D eigenvalue weighted by atomic mass is 9.73. The lowest BCUT2D eigenvalue weighted by Gasteiger charge is -2.35. The van der Waals surface area contributed by atoms with Crippen LogP contribution >= 0.6 is 23.2 Å². The molecule has 2 aromatic heterocycles. The third-order valence-corrected chi connectivity index (χ3v) is 8.27. The van der Waals surface area contributed by atoms with Crippen LogP contribution in [0.4, 0.5) is 22.0 Å². The van der Waals surface area contributed by atoms with Crippen LogP contribution in [0, 0.1) is 11.2 Å². The highest BCUT2D eigenvalue weighted by Gasteiger charge is 2.38. The van der Waals surface area contributed by atoms with E-state index in [4.69, 9.17) is 38.9 Å². The fourth-order valence-electron chi connectivity index (χ4n) is 5.39. The van der Waals surface area contributed by atoms with E-state index >= 15 is 0 Å². The lowest BCUT2D eigenvalue weighted by Crippen LogP contribution is -2.38. The number of hydrogen-bond donors (Lipinski definition) is 4. The number of aliphatic hydroxyl groups is 1. The van der Waals surface area contributed by atoms with Gasteiger partial charge in [-0.1, -0.05) is 30.1 Å². The number of nitrogens with zero attached hydrogens (tertiary/aromatic N) is 4. The second-order valence-corrected chi connectivity index (χ2v) is 11.2. The number of amides is 1. The number of anilines is 3. The van der Waals surface area contributed by atoms with Gasteiger partial charge in [-0.3, -0.25) is 9.36 Å². The monoisotopic (exact) mass is 549 g/mol. The smallest absolute Gasteiger partial charge is 0.224 e. The van der Waals surface area contributed by atoms with Gasteiger partial charge in [0.2, 0.25) is 17.8 Å². The number of nitrogens with one attached hydrogen (secondary N) is 2. The highest BCUT2D eigenvalue weighted by molar-refractivity contribution is 6.39. The molecule has 2 heterocycles. The maximum Gasteiger partial charge on any atom is 0.224 e. The Balaban J connectivity index is 1.52. The van der Waals surface area contributed by atoms with Crippen molar-refractivity contribution in [3.8, 4) is 0 Å². The molecular formula is C25H30Cl2FN7O2. The molecule has 2 aliphatic carbocycles. The molecule has 1 amide bonds. The summed E-state index contributed by atoms with van der Waals surface area (Å²) in [6, 6.07) is 2.42. The van der Waals surface area contributed by atoms with Crippen molar-refractivity contribution in [1.29, 1.82) is 0 Å². The fraction of sp³-hybridized carbons (Fsp3) is 0.520. The molecule has 0 bridgehead atoms. The largest absolute Gasteiger partial charge is 0.393 e. The van der Waals surface area contributed by atoms with E-state index < -0.39 is 11.2 Å². The third-order valence-electron chi connectivity index (χ3n) is 7.67. The van der Waals surface area contributed by atoms with Gasteiger partial charge >= 0.3 is 0 Å². The molecule has 9 nitrogen and oxygen atoms in total. The fourth-order valence-corrected chi connectivity index (χ4v) is 5.94. The molecule has 2 saturated carbocycles. The van der Waals surface area contributed by atoms with Gasteiger partial charge < -0.3 is 21.5 Å². The zero-order chi connectivity index (χ0) is 26.3. The quantitative estimate of drug-likeness (QED) is 0.326. The van der Waals surface area contributed by atoms with E-state index in [1.54, 1.807) is 6.20 Å². The Morgan fingerprint density at radius 1 is 1.19 bits per heavy atom. The number of aliphatic hydroxyl groups excluding tert-OH is 1. The predicted octanol–water partition coefficient (Wildman–Crippen LogP) is 5.34. The number of primary amides is 1. The van der Waals surface area contributed by atoms with Gasteiger partial charge in [-0.2, -0.15) is 4.98 Å². The van der Waals surface area contributed by atoms with Crippen molar-refractivity contribution in [3.05, 3.63) is 34.2 Å². The molecule has 0 spiro atoms. The van der Waals surface area contributed by atoms with E-state index in [2.05, 4.69) is 15.6 Å². The number of aromatic nitrogens is 4. The molecule has 0 saturated heterocycles. The Hall–Kier alpha value is -2.69. The summed E-state index contributed by atoms with van der Waals surface area (Å²) >= 11 is 12.6. The topological polar surface area (TPSA) is 131 Å². The number of halogens is 3. The minimum atomic E-state index is -0.562. The predicted molar refractivity (Wildman–Crippen MR) is 142 cm³/mol. The molecule has 5 N–H and O–H groups in total. The Morgan fingerprint density at radius 2 is 1.89 bits per heavy atom. The summed E-state index contributed by atoms with van der Waals surface area (Å²) in [7, 11) is 0. The van der Waals surface area contributed by atoms with Gasteiger partial charge in [0.25, 0.3) is 0 Å².